The van der Waals surface area contributed by atoms with Crippen LogP contribution in [0.15, 0.2) is 0 Å². The summed E-state index contributed by atoms with van der Waals surface area (Å²) >= 11 is 0. The third-order valence-electron chi connectivity index (χ3n) is 1.98. The SMILES string of the molecule is C#CCC1(O)CC(OC)C1. The molecule has 1 aliphatic rings. The van der Waals surface area contributed by atoms with Gasteiger partial charge in [0.1, 0.15) is 0 Å². The maximum absolute atomic E-state index is 9.49. The maximum Gasteiger partial charge on any atom is 0.0805 e. The van der Waals surface area contributed by atoms with E-state index in [9.17, 15) is 5.11 Å². The van der Waals surface area contributed by atoms with Crippen LogP contribution in [-0.4, -0.2) is 23.9 Å². The Morgan fingerprint density at radius 3 is 2.80 bits per heavy atom. The molecule has 0 aromatic heterocycles. The number of aliphatic hydroxyl groups is 1. The Kier molecular flexibility index (Phi) is 1.98. The van der Waals surface area contributed by atoms with Crippen LogP contribution in [0.4, 0.5) is 0 Å². The van der Waals surface area contributed by atoms with Gasteiger partial charge >= 0.3 is 0 Å². The van der Waals surface area contributed by atoms with Crippen LogP contribution >= 0.6 is 0 Å². The summed E-state index contributed by atoms with van der Waals surface area (Å²) in [6.45, 7) is 0. The monoisotopic (exact) mass is 140 g/mol. The largest absolute Gasteiger partial charge is 0.389 e. The van der Waals surface area contributed by atoms with Crippen LogP contribution in [0.5, 0.6) is 0 Å². The molecular formula is C8H12O2. The van der Waals surface area contributed by atoms with Crippen molar-refractivity contribution in [3.63, 3.8) is 0 Å². The summed E-state index contributed by atoms with van der Waals surface area (Å²) in [5.74, 6) is 2.45. The molecule has 1 N–H and O–H groups in total. The van der Waals surface area contributed by atoms with Gasteiger partial charge in [0.2, 0.25) is 0 Å². The van der Waals surface area contributed by atoms with Crippen LogP contribution in [0, 0.1) is 12.3 Å². The molecule has 0 aliphatic heterocycles. The van der Waals surface area contributed by atoms with Crippen molar-refractivity contribution in [1.82, 2.24) is 0 Å². The molecule has 0 saturated heterocycles. The van der Waals surface area contributed by atoms with Crippen LogP contribution in [0.25, 0.3) is 0 Å². The van der Waals surface area contributed by atoms with Gasteiger partial charge in [-0.05, 0) is 0 Å². The molecule has 0 radical (unpaired) electrons. The summed E-state index contributed by atoms with van der Waals surface area (Å²) in [5.41, 5.74) is -0.616. The number of hydrogen-bond donors (Lipinski definition) is 1. The fourth-order valence-corrected chi connectivity index (χ4v) is 1.29. The van der Waals surface area contributed by atoms with Crippen molar-refractivity contribution < 1.29 is 9.84 Å². The molecule has 1 rings (SSSR count). The molecule has 0 spiro atoms. The average Bonchev–Trinajstić information content (AvgIpc) is 1.83. The smallest absolute Gasteiger partial charge is 0.0805 e. The highest BCUT2D eigenvalue weighted by atomic mass is 16.5. The van der Waals surface area contributed by atoms with Crippen molar-refractivity contribution in [2.75, 3.05) is 7.11 Å². The normalized spacial score (nSPS) is 38.3. The molecule has 10 heavy (non-hydrogen) atoms. The lowest BCUT2D eigenvalue weighted by Gasteiger charge is -2.41. The van der Waals surface area contributed by atoms with E-state index >= 15 is 0 Å². The highest BCUT2D eigenvalue weighted by Gasteiger charge is 2.41. The van der Waals surface area contributed by atoms with E-state index in [1.54, 1.807) is 7.11 Å². The molecule has 0 heterocycles. The Hall–Kier alpha value is -0.520. The molecule has 0 unspecified atom stereocenters. The van der Waals surface area contributed by atoms with E-state index in [0.717, 1.165) is 0 Å². The van der Waals surface area contributed by atoms with Crippen molar-refractivity contribution in [2.45, 2.75) is 31.0 Å². The highest BCUT2D eigenvalue weighted by molar-refractivity contribution is 5.03. The molecule has 0 aromatic rings. The molecule has 0 atom stereocenters. The lowest BCUT2D eigenvalue weighted by molar-refractivity contribution is -0.123. The van der Waals surface area contributed by atoms with Crippen LogP contribution < -0.4 is 0 Å². The number of rotatable bonds is 2. The Morgan fingerprint density at radius 1 is 1.80 bits per heavy atom. The molecule has 0 aromatic carbocycles. The summed E-state index contributed by atoms with van der Waals surface area (Å²) in [7, 11) is 1.65. The van der Waals surface area contributed by atoms with Gasteiger partial charge in [-0.2, -0.15) is 0 Å². The lowest BCUT2D eigenvalue weighted by Crippen LogP contribution is -2.47. The van der Waals surface area contributed by atoms with Gasteiger partial charge in [-0.1, -0.05) is 0 Å². The molecule has 1 saturated carbocycles. The van der Waals surface area contributed by atoms with Crippen molar-refractivity contribution in [3.8, 4) is 12.3 Å². The molecular weight excluding hydrogens is 128 g/mol. The Balaban J connectivity index is 2.29. The first-order valence-electron chi connectivity index (χ1n) is 3.39. The summed E-state index contributed by atoms with van der Waals surface area (Å²) in [5, 5.41) is 9.49. The Morgan fingerprint density at radius 2 is 2.40 bits per heavy atom. The number of hydrogen-bond acceptors (Lipinski definition) is 2. The summed E-state index contributed by atoms with van der Waals surface area (Å²) in [6.07, 6.45) is 7.11. The van der Waals surface area contributed by atoms with Gasteiger partial charge in [-0.3, -0.25) is 0 Å². The van der Waals surface area contributed by atoms with Gasteiger partial charge in [0, 0.05) is 26.4 Å². The standard InChI is InChI=1S/C8H12O2/c1-3-4-8(9)5-7(6-8)10-2/h1,7,9H,4-6H2,2H3. The van der Waals surface area contributed by atoms with Gasteiger partial charge in [0.05, 0.1) is 11.7 Å². The first-order valence-corrected chi connectivity index (χ1v) is 3.39. The predicted octanol–water partition coefficient (Wildman–Crippen LogP) is 0.550. The molecule has 1 aliphatic carbocycles. The van der Waals surface area contributed by atoms with Gasteiger partial charge in [0.25, 0.3) is 0 Å². The van der Waals surface area contributed by atoms with E-state index in [1.807, 2.05) is 0 Å². The van der Waals surface area contributed by atoms with Gasteiger partial charge in [-0.25, -0.2) is 0 Å². The minimum atomic E-state index is -0.616. The second-order valence-electron chi connectivity index (χ2n) is 2.87. The summed E-state index contributed by atoms with van der Waals surface area (Å²) in [6, 6.07) is 0. The first kappa shape index (κ1) is 7.59. The van der Waals surface area contributed by atoms with Crippen LogP contribution in [0.3, 0.4) is 0 Å². The number of ether oxygens (including phenoxy) is 1. The minimum Gasteiger partial charge on any atom is -0.389 e. The van der Waals surface area contributed by atoms with E-state index in [2.05, 4.69) is 5.92 Å². The zero-order chi connectivity index (χ0) is 7.61. The third-order valence-corrected chi connectivity index (χ3v) is 1.98. The van der Waals surface area contributed by atoms with Gasteiger partial charge in [-0.15, -0.1) is 12.3 Å². The molecule has 1 fully saturated rings. The quantitative estimate of drug-likeness (QED) is 0.567. The van der Waals surface area contributed by atoms with E-state index in [1.165, 1.54) is 0 Å². The van der Waals surface area contributed by atoms with E-state index in [4.69, 9.17) is 11.2 Å². The van der Waals surface area contributed by atoms with Gasteiger partial charge in [0.15, 0.2) is 0 Å². The van der Waals surface area contributed by atoms with E-state index in [-0.39, 0.29) is 6.10 Å². The second kappa shape index (κ2) is 2.61. The van der Waals surface area contributed by atoms with Crippen molar-refractivity contribution in [3.05, 3.63) is 0 Å². The van der Waals surface area contributed by atoms with Crippen molar-refractivity contribution in [1.29, 1.82) is 0 Å². The average molecular weight is 140 g/mol. The zero-order valence-electron chi connectivity index (χ0n) is 6.13. The number of terminal acetylenes is 1. The first-order chi connectivity index (χ1) is 4.70. The van der Waals surface area contributed by atoms with Crippen LogP contribution in [0.2, 0.25) is 0 Å². The molecule has 0 amide bonds. The van der Waals surface area contributed by atoms with E-state index in [0.29, 0.717) is 19.3 Å². The fraction of sp³-hybridized carbons (Fsp3) is 0.750. The van der Waals surface area contributed by atoms with E-state index < -0.39 is 5.60 Å². The Labute approximate surface area is 61.2 Å². The van der Waals surface area contributed by atoms with Crippen molar-refractivity contribution in [2.24, 2.45) is 0 Å². The lowest BCUT2D eigenvalue weighted by atomic mass is 9.75. The number of methoxy groups -OCH3 is 1. The fourth-order valence-electron chi connectivity index (χ4n) is 1.29. The van der Waals surface area contributed by atoms with Crippen LogP contribution in [-0.2, 0) is 4.74 Å². The molecule has 2 heteroatoms. The highest BCUT2D eigenvalue weighted by Crippen LogP contribution is 2.36. The second-order valence-corrected chi connectivity index (χ2v) is 2.87. The Bertz CT molecular complexity index is 151. The zero-order valence-corrected chi connectivity index (χ0v) is 6.13. The summed E-state index contributed by atoms with van der Waals surface area (Å²) in [4.78, 5) is 0. The topological polar surface area (TPSA) is 29.5 Å². The molecule has 0 bridgehead atoms. The molecule has 2 nitrogen and oxygen atoms in total. The summed E-state index contributed by atoms with van der Waals surface area (Å²) < 4.78 is 5.00. The minimum absolute atomic E-state index is 0.221. The maximum atomic E-state index is 9.49. The molecule has 56 valence electrons. The van der Waals surface area contributed by atoms with Crippen molar-refractivity contribution >= 4 is 0 Å². The van der Waals surface area contributed by atoms with Crippen LogP contribution in [0.1, 0.15) is 19.3 Å². The third kappa shape index (κ3) is 1.31. The predicted molar refractivity (Wildman–Crippen MR) is 38.4 cm³/mol. The van der Waals surface area contributed by atoms with Gasteiger partial charge < -0.3 is 9.84 Å².